The van der Waals surface area contributed by atoms with E-state index in [0.717, 1.165) is 0 Å². The van der Waals surface area contributed by atoms with E-state index in [1.54, 1.807) is 43.7 Å². The Bertz CT molecular complexity index is 680. The molecule has 0 fully saturated rings. The second-order valence-corrected chi connectivity index (χ2v) is 4.57. The molecular weight excluding hydrogens is 272 g/mol. The molecular formula is C15H16N2O4. The monoisotopic (exact) mass is 288 g/mol. The van der Waals surface area contributed by atoms with Crippen LogP contribution in [0.15, 0.2) is 41.6 Å². The molecule has 0 unspecified atom stereocenters. The zero-order valence-corrected chi connectivity index (χ0v) is 11.7. The first-order chi connectivity index (χ1) is 10.1. The van der Waals surface area contributed by atoms with Crippen LogP contribution < -0.4 is 10.3 Å². The number of pyridine rings is 2. The highest BCUT2D eigenvalue weighted by atomic mass is 16.5. The van der Waals surface area contributed by atoms with Crippen molar-refractivity contribution in [2.45, 2.75) is 19.9 Å². The molecule has 0 amide bonds. The van der Waals surface area contributed by atoms with Crippen LogP contribution in [0.4, 0.5) is 0 Å². The van der Waals surface area contributed by atoms with Gasteiger partial charge in [0.25, 0.3) is 5.56 Å². The number of hydrogen-bond donors (Lipinski definition) is 1. The van der Waals surface area contributed by atoms with Crippen molar-refractivity contribution < 1.29 is 14.6 Å². The van der Waals surface area contributed by atoms with Gasteiger partial charge in [0.1, 0.15) is 11.3 Å². The van der Waals surface area contributed by atoms with Crippen molar-refractivity contribution in [2.75, 3.05) is 6.61 Å². The summed E-state index contributed by atoms with van der Waals surface area (Å²) in [7, 11) is 0. The van der Waals surface area contributed by atoms with Gasteiger partial charge in [0.05, 0.1) is 12.8 Å². The largest absolute Gasteiger partial charge is 0.492 e. The lowest BCUT2D eigenvalue weighted by Gasteiger charge is -2.09. The standard InChI is InChI=1S/C15H16N2O4/c1-11-5-8-17(14(18)13(11)15(19)20)7-3-9-21-12-4-2-6-16-10-12/h2,4-6,8,10H,3,7,9H2,1H3,(H,19,20). The molecule has 110 valence electrons. The van der Waals surface area contributed by atoms with Gasteiger partial charge < -0.3 is 14.4 Å². The van der Waals surface area contributed by atoms with Crippen LogP contribution in [0.2, 0.25) is 0 Å². The SMILES string of the molecule is Cc1ccn(CCCOc2cccnc2)c(=O)c1C(=O)O. The molecule has 0 aliphatic rings. The molecule has 2 aromatic heterocycles. The summed E-state index contributed by atoms with van der Waals surface area (Å²) in [6.07, 6.45) is 5.47. The van der Waals surface area contributed by atoms with Gasteiger partial charge in [0, 0.05) is 18.9 Å². The van der Waals surface area contributed by atoms with Crippen molar-refractivity contribution in [1.82, 2.24) is 9.55 Å². The zero-order valence-electron chi connectivity index (χ0n) is 11.7. The van der Waals surface area contributed by atoms with Crippen LogP contribution in [0.3, 0.4) is 0 Å². The van der Waals surface area contributed by atoms with Gasteiger partial charge in [0.15, 0.2) is 0 Å². The maximum Gasteiger partial charge on any atom is 0.341 e. The van der Waals surface area contributed by atoms with Crippen molar-refractivity contribution >= 4 is 5.97 Å². The quantitative estimate of drug-likeness (QED) is 0.818. The van der Waals surface area contributed by atoms with Gasteiger partial charge in [-0.3, -0.25) is 9.78 Å². The molecule has 2 aromatic rings. The van der Waals surface area contributed by atoms with E-state index in [1.807, 2.05) is 0 Å². The second kappa shape index (κ2) is 6.69. The highest BCUT2D eigenvalue weighted by Crippen LogP contribution is 2.07. The lowest BCUT2D eigenvalue weighted by atomic mass is 10.1. The fourth-order valence-electron chi connectivity index (χ4n) is 1.96. The molecule has 6 heteroatoms. The Kier molecular flexibility index (Phi) is 4.71. The highest BCUT2D eigenvalue weighted by molar-refractivity contribution is 5.88. The van der Waals surface area contributed by atoms with Gasteiger partial charge in [-0.25, -0.2) is 4.79 Å². The number of hydrogen-bond acceptors (Lipinski definition) is 4. The van der Waals surface area contributed by atoms with Crippen molar-refractivity contribution in [3.8, 4) is 5.75 Å². The van der Waals surface area contributed by atoms with Gasteiger partial charge in [-0.05, 0) is 37.1 Å². The molecule has 0 radical (unpaired) electrons. The van der Waals surface area contributed by atoms with Crippen molar-refractivity contribution in [1.29, 1.82) is 0 Å². The number of ether oxygens (including phenoxy) is 1. The van der Waals surface area contributed by atoms with Gasteiger partial charge in [-0.2, -0.15) is 0 Å². The topological polar surface area (TPSA) is 81.4 Å². The fraction of sp³-hybridized carbons (Fsp3) is 0.267. The third-order valence-corrected chi connectivity index (χ3v) is 3.03. The van der Waals surface area contributed by atoms with Crippen LogP contribution in [0.25, 0.3) is 0 Å². The van der Waals surface area contributed by atoms with Crippen LogP contribution in [-0.2, 0) is 6.54 Å². The predicted octanol–water partition coefficient (Wildman–Crippen LogP) is 1.72. The first-order valence-corrected chi connectivity index (χ1v) is 6.56. The third kappa shape index (κ3) is 3.68. The zero-order chi connectivity index (χ0) is 15.2. The van der Waals surface area contributed by atoms with Gasteiger partial charge in [-0.1, -0.05) is 0 Å². The van der Waals surface area contributed by atoms with Crippen LogP contribution in [0.1, 0.15) is 22.3 Å². The summed E-state index contributed by atoms with van der Waals surface area (Å²) in [4.78, 5) is 27.0. The molecule has 0 aliphatic heterocycles. The lowest BCUT2D eigenvalue weighted by molar-refractivity contribution is 0.0693. The summed E-state index contributed by atoms with van der Waals surface area (Å²) in [6.45, 7) is 2.44. The number of aryl methyl sites for hydroxylation is 2. The molecule has 0 spiro atoms. The first kappa shape index (κ1) is 14.8. The molecule has 0 saturated carbocycles. The van der Waals surface area contributed by atoms with E-state index in [-0.39, 0.29) is 5.56 Å². The highest BCUT2D eigenvalue weighted by Gasteiger charge is 2.13. The Hall–Kier alpha value is -2.63. The minimum Gasteiger partial charge on any atom is -0.492 e. The normalized spacial score (nSPS) is 10.3. The summed E-state index contributed by atoms with van der Waals surface area (Å²) in [5.41, 5.74) is -0.190. The molecule has 2 rings (SSSR count). The van der Waals surface area contributed by atoms with E-state index >= 15 is 0 Å². The van der Waals surface area contributed by atoms with Crippen LogP contribution in [0.5, 0.6) is 5.75 Å². The molecule has 1 N–H and O–H groups in total. The predicted molar refractivity (Wildman–Crippen MR) is 76.7 cm³/mol. The molecule has 0 atom stereocenters. The van der Waals surface area contributed by atoms with Gasteiger partial charge >= 0.3 is 5.97 Å². The number of carboxylic acids is 1. The molecule has 0 bridgehead atoms. The lowest BCUT2D eigenvalue weighted by Crippen LogP contribution is -2.27. The summed E-state index contributed by atoms with van der Waals surface area (Å²) in [5, 5.41) is 9.05. The average molecular weight is 288 g/mol. The minimum atomic E-state index is -1.20. The number of carbonyl (C=O) groups is 1. The maximum atomic E-state index is 12.0. The van der Waals surface area contributed by atoms with Crippen LogP contribution in [-0.4, -0.2) is 27.2 Å². The molecule has 0 saturated heterocycles. The van der Waals surface area contributed by atoms with Crippen molar-refractivity contribution in [2.24, 2.45) is 0 Å². The Morgan fingerprint density at radius 1 is 1.43 bits per heavy atom. The molecule has 21 heavy (non-hydrogen) atoms. The Balaban J connectivity index is 1.96. The van der Waals surface area contributed by atoms with E-state index in [1.165, 1.54) is 4.57 Å². The first-order valence-electron chi connectivity index (χ1n) is 6.56. The van der Waals surface area contributed by atoms with Gasteiger partial charge in [-0.15, -0.1) is 0 Å². The number of aromatic carboxylic acids is 1. The number of rotatable bonds is 6. The Morgan fingerprint density at radius 2 is 2.24 bits per heavy atom. The van der Waals surface area contributed by atoms with Gasteiger partial charge in [0.2, 0.25) is 0 Å². The number of nitrogens with zero attached hydrogens (tertiary/aromatic N) is 2. The van der Waals surface area contributed by atoms with E-state index in [9.17, 15) is 9.59 Å². The van der Waals surface area contributed by atoms with E-state index in [2.05, 4.69) is 4.98 Å². The van der Waals surface area contributed by atoms with E-state index < -0.39 is 11.5 Å². The third-order valence-electron chi connectivity index (χ3n) is 3.03. The Labute approximate surface area is 121 Å². The molecule has 0 aromatic carbocycles. The summed E-state index contributed by atoms with van der Waals surface area (Å²) in [5.74, 6) is -0.529. The molecule has 2 heterocycles. The van der Waals surface area contributed by atoms with Crippen LogP contribution >= 0.6 is 0 Å². The smallest absolute Gasteiger partial charge is 0.341 e. The maximum absolute atomic E-state index is 12.0. The van der Waals surface area contributed by atoms with Crippen LogP contribution in [0, 0.1) is 6.92 Å². The Morgan fingerprint density at radius 3 is 2.90 bits per heavy atom. The average Bonchev–Trinajstić information content (AvgIpc) is 2.46. The van der Waals surface area contributed by atoms with E-state index in [0.29, 0.717) is 30.9 Å². The number of carboxylic acid groups (broad SMARTS) is 1. The summed E-state index contributed by atoms with van der Waals surface area (Å²) < 4.78 is 6.87. The number of aromatic nitrogens is 2. The fourth-order valence-corrected chi connectivity index (χ4v) is 1.96. The molecule has 6 nitrogen and oxygen atoms in total. The minimum absolute atomic E-state index is 0.175. The summed E-state index contributed by atoms with van der Waals surface area (Å²) in [6, 6.07) is 5.21. The second-order valence-electron chi connectivity index (χ2n) is 4.57. The summed E-state index contributed by atoms with van der Waals surface area (Å²) >= 11 is 0. The van der Waals surface area contributed by atoms with Crippen molar-refractivity contribution in [3.05, 3.63) is 58.3 Å². The van der Waals surface area contributed by atoms with E-state index in [4.69, 9.17) is 9.84 Å². The molecule has 0 aliphatic carbocycles. The van der Waals surface area contributed by atoms with Crippen molar-refractivity contribution in [3.63, 3.8) is 0 Å².